The highest BCUT2D eigenvalue weighted by atomic mass is 16.5. The third-order valence-electron chi connectivity index (χ3n) is 2.12. The molecule has 2 N–H and O–H groups in total. The average molecular weight is 283 g/mol. The van der Waals surface area contributed by atoms with Crippen molar-refractivity contribution in [2.75, 3.05) is 32.9 Å². The number of nitriles is 1. The lowest BCUT2D eigenvalue weighted by Crippen LogP contribution is -2.28. The molecule has 0 saturated heterocycles. The Morgan fingerprint density at radius 1 is 1.30 bits per heavy atom. The van der Waals surface area contributed by atoms with Gasteiger partial charge in [0.2, 0.25) is 0 Å². The normalized spacial score (nSPS) is 10.6. The van der Waals surface area contributed by atoms with Crippen LogP contribution in [0.2, 0.25) is 0 Å². The van der Waals surface area contributed by atoms with Crippen molar-refractivity contribution >= 4 is 11.9 Å². The maximum atomic E-state index is 11.6. The van der Waals surface area contributed by atoms with E-state index in [-0.39, 0.29) is 18.7 Å². The monoisotopic (exact) mass is 283 g/mol. The van der Waals surface area contributed by atoms with Crippen LogP contribution in [0, 0.1) is 11.3 Å². The summed E-state index contributed by atoms with van der Waals surface area (Å²) in [5.74, 6) is -0.932. The molecule has 0 aliphatic carbocycles. The van der Waals surface area contributed by atoms with Gasteiger partial charge >= 0.3 is 5.97 Å². The minimum absolute atomic E-state index is 0.0867. The van der Waals surface area contributed by atoms with Crippen molar-refractivity contribution < 1.29 is 19.1 Å². The van der Waals surface area contributed by atoms with E-state index in [1.165, 1.54) is 6.20 Å². The van der Waals surface area contributed by atoms with Gasteiger partial charge in [0.05, 0.1) is 6.61 Å². The first-order valence-corrected chi connectivity index (χ1v) is 6.50. The molecule has 0 spiro atoms. The van der Waals surface area contributed by atoms with Gasteiger partial charge < -0.3 is 20.1 Å². The summed E-state index contributed by atoms with van der Waals surface area (Å²) in [4.78, 5) is 22.7. The molecule has 0 aromatic rings. The molecular weight excluding hydrogens is 262 g/mol. The van der Waals surface area contributed by atoms with Gasteiger partial charge in [-0.15, -0.1) is 0 Å². The Hall–Kier alpha value is -2.07. The number of esters is 1. The third-order valence-corrected chi connectivity index (χ3v) is 2.12. The van der Waals surface area contributed by atoms with Crippen molar-refractivity contribution in [2.45, 2.75) is 20.3 Å². The summed E-state index contributed by atoms with van der Waals surface area (Å²) in [6.45, 7) is 5.41. The van der Waals surface area contributed by atoms with Crippen molar-refractivity contribution in [3.8, 4) is 6.07 Å². The smallest absolute Gasteiger partial charge is 0.325 e. The van der Waals surface area contributed by atoms with E-state index in [0.717, 1.165) is 0 Å². The molecule has 0 aliphatic heterocycles. The van der Waals surface area contributed by atoms with Crippen LogP contribution in [0.25, 0.3) is 0 Å². The number of carbonyl (C=O) groups excluding carboxylic acids is 2. The van der Waals surface area contributed by atoms with Gasteiger partial charge in [-0.2, -0.15) is 5.26 Å². The Labute approximate surface area is 118 Å². The fourth-order valence-corrected chi connectivity index (χ4v) is 1.21. The maximum Gasteiger partial charge on any atom is 0.325 e. The van der Waals surface area contributed by atoms with Crippen LogP contribution in [0.3, 0.4) is 0 Å². The largest absolute Gasteiger partial charge is 0.465 e. The molecule has 0 heterocycles. The highest BCUT2D eigenvalue weighted by Crippen LogP contribution is 1.91. The number of amides is 1. The second kappa shape index (κ2) is 12.0. The fraction of sp³-hybridized carbons (Fsp3) is 0.615. The molecule has 7 nitrogen and oxygen atoms in total. The number of carbonyl (C=O) groups is 2. The van der Waals surface area contributed by atoms with Crippen molar-refractivity contribution in [1.29, 1.82) is 5.26 Å². The third kappa shape index (κ3) is 8.94. The summed E-state index contributed by atoms with van der Waals surface area (Å²) in [5, 5.41) is 14.0. The fourth-order valence-electron chi connectivity index (χ4n) is 1.21. The molecule has 0 radical (unpaired) electrons. The Kier molecular flexibility index (Phi) is 10.7. The predicted molar refractivity (Wildman–Crippen MR) is 72.5 cm³/mol. The molecule has 0 rings (SSSR count). The van der Waals surface area contributed by atoms with Gasteiger partial charge in [-0.3, -0.25) is 9.59 Å². The molecule has 0 bridgehead atoms. The summed E-state index contributed by atoms with van der Waals surface area (Å²) in [5.41, 5.74) is -0.0919. The van der Waals surface area contributed by atoms with Gasteiger partial charge in [-0.1, -0.05) is 0 Å². The van der Waals surface area contributed by atoms with Gasteiger partial charge in [0, 0.05) is 26.0 Å². The van der Waals surface area contributed by atoms with Crippen molar-refractivity contribution in [3.63, 3.8) is 0 Å². The van der Waals surface area contributed by atoms with Crippen LogP contribution in [0.4, 0.5) is 0 Å². The van der Waals surface area contributed by atoms with Crippen LogP contribution in [0.5, 0.6) is 0 Å². The molecule has 20 heavy (non-hydrogen) atoms. The Morgan fingerprint density at radius 3 is 2.65 bits per heavy atom. The van der Waals surface area contributed by atoms with Gasteiger partial charge in [0.25, 0.3) is 5.91 Å². The molecular formula is C13H21N3O4. The second-order valence-corrected chi connectivity index (χ2v) is 3.66. The Bertz CT molecular complexity index is 374. The molecule has 0 fully saturated rings. The molecule has 7 heteroatoms. The topological polar surface area (TPSA) is 100 Å². The maximum absolute atomic E-state index is 11.6. The summed E-state index contributed by atoms with van der Waals surface area (Å²) in [6, 6.07) is 1.76. The zero-order valence-electron chi connectivity index (χ0n) is 11.9. The van der Waals surface area contributed by atoms with E-state index in [2.05, 4.69) is 10.6 Å². The molecule has 0 aromatic heterocycles. The predicted octanol–water partition coefficient (Wildman–Crippen LogP) is 0.0894. The number of ether oxygens (including phenoxy) is 2. The summed E-state index contributed by atoms with van der Waals surface area (Å²) in [7, 11) is 0. The quantitative estimate of drug-likeness (QED) is 0.255. The molecule has 112 valence electrons. The standard InChI is InChI=1S/C13H21N3O4/c1-3-19-7-5-6-16-13(18)11(8-14)9-15-10-12(17)20-4-2/h9,15H,3-7,10H2,1-2H3,(H,16,18)/b11-9-. The number of hydrogen-bond donors (Lipinski definition) is 2. The summed E-state index contributed by atoms with van der Waals surface area (Å²) < 4.78 is 9.81. The van der Waals surface area contributed by atoms with Crippen LogP contribution in [-0.4, -0.2) is 44.8 Å². The summed E-state index contributed by atoms with van der Waals surface area (Å²) >= 11 is 0. The first-order chi connectivity index (χ1) is 9.65. The van der Waals surface area contributed by atoms with Gasteiger partial charge in [0.15, 0.2) is 0 Å². The molecule has 0 atom stereocenters. The van der Waals surface area contributed by atoms with E-state index in [4.69, 9.17) is 14.7 Å². The minimum Gasteiger partial charge on any atom is -0.465 e. The zero-order chi connectivity index (χ0) is 15.2. The van der Waals surface area contributed by atoms with Gasteiger partial charge in [-0.25, -0.2) is 0 Å². The van der Waals surface area contributed by atoms with Gasteiger partial charge in [-0.05, 0) is 20.3 Å². The van der Waals surface area contributed by atoms with Crippen LogP contribution < -0.4 is 10.6 Å². The summed E-state index contributed by atoms with van der Waals surface area (Å²) in [6.07, 6.45) is 1.88. The zero-order valence-corrected chi connectivity index (χ0v) is 11.9. The molecule has 0 aliphatic rings. The SMILES string of the molecule is CCOCCCNC(=O)/C(C#N)=C\NCC(=O)OCC. The van der Waals surface area contributed by atoms with Crippen LogP contribution in [-0.2, 0) is 19.1 Å². The van der Waals surface area contributed by atoms with Crippen molar-refractivity contribution in [1.82, 2.24) is 10.6 Å². The molecule has 0 unspecified atom stereocenters. The van der Waals surface area contributed by atoms with Crippen LogP contribution in [0.1, 0.15) is 20.3 Å². The first kappa shape index (κ1) is 17.9. The second-order valence-electron chi connectivity index (χ2n) is 3.66. The minimum atomic E-state index is -0.486. The lowest BCUT2D eigenvalue weighted by Gasteiger charge is -2.05. The van der Waals surface area contributed by atoms with E-state index in [9.17, 15) is 9.59 Å². The van der Waals surface area contributed by atoms with Crippen LogP contribution in [0.15, 0.2) is 11.8 Å². The van der Waals surface area contributed by atoms with E-state index in [1.807, 2.05) is 6.92 Å². The number of rotatable bonds is 10. The van der Waals surface area contributed by atoms with Crippen molar-refractivity contribution in [2.24, 2.45) is 0 Å². The number of hydrogen-bond acceptors (Lipinski definition) is 6. The molecule has 0 saturated carbocycles. The highest BCUT2D eigenvalue weighted by Gasteiger charge is 2.08. The van der Waals surface area contributed by atoms with E-state index < -0.39 is 11.9 Å². The average Bonchev–Trinajstić information content (AvgIpc) is 2.43. The lowest BCUT2D eigenvalue weighted by atomic mass is 10.3. The van der Waals surface area contributed by atoms with E-state index in [1.54, 1.807) is 13.0 Å². The van der Waals surface area contributed by atoms with E-state index >= 15 is 0 Å². The molecule has 1 amide bonds. The molecule has 0 aromatic carbocycles. The highest BCUT2D eigenvalue weighted by molar-refractivity contribution is 5.97. The Balaban J connectivity index is 4.01. The Morgan fingerprint density at radius 2 is 2.05 bits per heavy atom. The first-order valence-electron chi connectivity index (χ1n) is 6.50. The number of nitrogens with zero attached hydrogens (tertiary/aromatic N) is 1. The number of nitrogens with one attached hydrogen (secondary N) is 2. The van der Waals surface area contributed by atoms with Crippen molar-refractivity contribution in [3.05, 3.63) is 11.8 Å². The van der Waals surface area contributed by atoms with Gasteiger partial charge in [0.1, 0.15) is 18.2 Å². The van der Waals surface area contributed by atoms with E-state index in [0.29, 0.717) is 26.2 Å². The lowest BCUT2D eigenvalue weighted by molar-refractivity contribution is -0.141. The van der Waals surface area contributed by atoms with Crippen LogP contribution >= 0.6 is 0 Å².